The Morgan fingerprint density at radius 1 is 1.42 bits per heavy atom. The van der Waals surface area contributed by atoms with Crippen LogP contribution in [-0.2, 0) is 11.4 Å². The molecule has 2 unspecified atom stereocenters. The van der Waals surface area contributed by atoms with E-state index in [4.69, 9.17) is 9.15 Å². The fourth-order valence-electron chi connectivity index (χ4n) is 2.70. The Labute approximate surface area is 140 Å². The lowest BCUT2D eigenvalue weighted by atomic mass is 10.2. The van der Waals surface area contributed by atoms with Gasteiger partial charge in [-0.1, -0.05) is 6.92 Å². The number of aliphatic hydroxyl groups excluding tert-OH is 1. The van der Waals surface area contributed by atoms with Gasteiger partial charge in [-0.3, -0.25) is 4.79 Å². The molecule has 1 aliphatic carbocycles. The molecule has 2 aromatic rings. The summed E-state index contributed by atoms with van der Waals surface area (Å²) in [4.78, 5) is 12.0. The number of methoxy groups -OCH3 is 1. The predicted molar refractivity (Wildman–Crippen MR) is 91.8 cm³/mol. The number of rotatable bonds is 6. The standard InChI is InChI=1S/C19H21NO4/c1-12-9-16(12)18-7-4-15(24-18)5-8-19(22)20-14-3-6-17(23-2)13(10-14)11-21/h3-8,10,12,16,21H,9,11H2,1-2H3,(H,20,22)/b8-5+. The molecule has 1 aliphatic rings. The average molecular weight is 327 g/mol. The van der Waals surface area contributed by atoms with Gasteiger partial charge in [-0.05, 0) is 48.7 Å². The van der Waals surface area contributed by atoms with Gasteiger partial charge in [0, 0.05) is 23.2 Å². The Morgan fingerprint density at radius 2 is 2.21 bits per heavy atom. The third-order valence-corrected chi connectivity index (χ3v) is 4.24. The minimum atomic E-state index is -0.262. The van der Waals surface area contributed by atoms with E-state index in [1.807, 2.05) is 12.1 Å². The Kier molecular flexibility index (Phi) is 4.71. The van der Waals surface area contributed by atoms with Crippen LogP contribution in [0.4, 0.5) is 5.69 Å². The first-order valence-electron chi connectivity index (χ1n) is 7.97. The highest BCUT2D eigenvalue weighted by atomic mass is 16.5. The molecule has 1 aromatic carbocycles. The highest BCUT2D eigenvalue weighted by Gasteiger charge is 2.36. The van der Waals surface area contributed by atoms with Crippen molar-refractivity contribution in [3.05, 3.63) is 53.5 Å². The number of aliphatic hydroxyl groups is 1. The number of nitrogens with one attached hydrogen (secondary N) is 1. The van der Waals surface area contributed by atoms with Crippen LogP contribution >= 0.6 is 0 Å². The van der Waals surface area contributed by atoms with Gasteiger partial charge in [0.2, 0.25) is 5.91 Å². The van der Waals surface area contributed by atoms with Crippen LogP contribution in [0.5, 0.6) is 5.75 Å². The topological polar surface area (TPSA) is 71.7 Å². The summed E-state index contributed by atoms with van der Waals surface area (Å²) in [6.07, 6.45) is 4.26. The number of carbonyl (C=O) groups excluding carboxylic acids is 1. The summed E-state index contributed by atoms with van der Waals surface area (Å²) in [6.45, 7) is 2.04. The molecule has 2 N–H and O–H groups in total. The molecule has 5 nitrogen and oxygen atoms in total. The van der Waals surface area contributed by atoms with Gasteiger partial charge in [0.05, 0.1) is 13.7 Å². The van der Waals surface area contributed by atoms with E-state index in [0.29, 0.717) is 34.6 Å². The van der Waals surface area contributed by atoms with Crippen molar-refractivity contribution < 1.29 is 19.1 Å². The molecule has 1 saturated carbocycles. The normalized spacial score (nSPS) is 19.5. The highest BCUT2D eigenvalue weighted by molar-refractivity contribution is 6.01. The van der Waals surface area contributed by atoms with Gasteiger partial charge >= 0.3 is 0 Å². The molecular weight excluding hydrogens is 306 g/mol. The third-order valence-electron chi connectivity index (χ3n) is 4.24. The molecule has 1 aromatic heterocycles. The van der Waals surface area contributed by atoms with E-state index < -0.39 is 0 Å². The molecule has 0 saturated heterocycles. The monoisotopic (exact) mass is 327 g/mol. The van der Waals surface area contributed by atoms with Gasteiger partial charge in [-0.25, -0.2) is 0 Å². The van der Waals surface area contributed by atoms with Crippen molar-refractivity contribution in [1.82, 2.24) is 0 Å². The van der Waals surface area contributed by atoms with Gasteiger partial charge in [-0.2, -0.15) is 0 Å². The largest absolute Gasteiger partial charge is 0.496 e. The number of ether oxygens (including phenoxy) is 1. The van der Waals surface area contributed by atoms with Crippen molar-refractivity contribution >= 4 is 17.7 Å². The minimum Gasteiger partial charge on any atom is -0.496 e. The summed E-state index contributed by atoms with van der Waals surface area (Å²) in [5.74, 6) is 3.20. The van der Waals surface area contributed by atoms with Crippen LogP contribution in [0.2, 0.25) is 0 Å². The molecule has 1 amide bonds. The summed E-state index contributed by atoms with van der Waals surface area (Å²) in [7, 11) is 1.54. The maximum atomic E-state index is 12.0. The molecule has 126 valence electrons. The molecule has 3 rings (SSSR count). The van der Waals surface area contributed by atoms with Crippen LogP contribution in [0.15, 0.2) is 40.8 Å². The van der Waals surface area contributed by atoms with Gasteiger partial charge in [0.1, 0.15) is 17.3 Å². The molecular formula is C19H21NO4. The van der Waals surface area contributed by atoms with Crippen LogP contribution in [0.3, 0.4) is 0 Å². The summed E-state index contributed by atoms with van der Waals surface area (Å²) in [5.41, 5.74) is 1.22. The minimum absolute atomic E-state index is 0.155. The van der Waals surface area contributed by atoms with Gasteiger partial charge in [0.25, 0.3) is 0 Å². The van der Waals surface area contributed by atoms with E-state index in [-0.39, 0.29) is 12.5 Å². The van der Waals surface area contributed by atoms with E-state index in [1.54, 1.807) is 24.3 Å². The van der Waals surface area contributed by atoms with E-state index in [0.717, 1.165) is 5.76 Å². The van der Waals surface area contributed by atoms with Crippen molar-refractivity contribution in [2.75, 3.05) is 12.4 Å². The number of hydrogen-bond donors (Lipinski definition) is 2. The molecule has 0 aliphatic heterocycles. The molecule has 0 bridgehead atoms. The second kappa shape index (κ2) is 6.93. The zero-order valence-corrected chi connectivity index (χ0v) is 13.8. The number of benzene rings is 1. The summed E-state index contributed by atoms with van der Waals surface area (Å²) >= 11 is 0. The number of anilines is 1. The van der Waals surface area contributed by atoms with Gasteiger partial charge in [0.15, 0.2) is 0 Å². The fraction of sp³-hybridized carbons (Fsp3) is 0.316. The van der Waals surface area contributed by atoms with Crippen LogP contribution in [-0.4, -0.2) is 18.1 Å². The predicted octanol–water partition coefficient (Wildman–Crippen LogP) is 3.56. The van der Waals surface area contributed by atoms with Crippen molar-refractivity contribution in [3.8, 4) is 5.75 Å². The molecule has 5 heteroatoms. The smallest absolute Gasteiger partial charge is 0.248 e. The maximum Gasteiger partial charge on any atom is 0.248 e. The van der Waals surface area contributed by atoms with Crippen molar-refractivity contribution in [1.29, 1.82) is 0 Å². The molecule has 0 radical (unpaired) electrons. The quantitative estimate of drug-likeness (QED) is 0.796. The molecule has 2 atom stereocenters. The third kappa shape index (κ3) is 3.68. The van der Waals surface area contributed by atoms with Crippen molar-refractivity contribution in [2.24, 2.45) is 5.92 Å². The van der Waals surface area contributed by atoms with Crippen LogP contribution < -0.4 is 10.1 Å². The highest BCUT2D eigenvalue weighted by Crippen LogP contribution is 2.47. The molecule has 0 spiro atoms. The number of amides is 1. The summed E-state index contributed by atoms with van der Waals surface area (Å²) < 4.78 is 10.9. The van der Waals surface area contributed by atoms with E-state index in [1.165, 1.54) is 19.6 Å². The van der Waals surface area contributed by atoms with Crippen molar-refractivity contribution in [3.63, 3.8) is 0 Å². The average Bonchev–Trinajstić information content (AvgIpc) is 3.13. The zero-order chi connectivity index (χ0) is 17.1. The summed E-state index contributed by atoms with van der Waals surface area (Å²) in [5, 5.41) is 12.1. The summed E-state index contributed by atoms with van der Waals surface area (Å²) in [6, 6.07) is 8.97. The second-order valence-electron chi connectivity index (χ2n) is 6.07. The molecule has 1 fully saturated rings. The van der Waals surface area contributed by atoms with Crippen LogP contribution in [0.1, 0.15) is 36.3 Å². The SMILES string of the molecule is COc1ccc(NC(=O)/C=C/c2ccc(C3CC3C)o2)cc1CO. The second-order valence-corrected chi connectivity index (χ2v) is 6.07. The van der Waals surface area contributed by atoms with E-state index >= 15 is 0 Å². The first-order valence-corrected chi connectivity index (χ1v) is 7.97. The van der Waals surface area contributed by atoms with Gasteiger partial charge in [-0.15, -0.1) is 0 Å². The van der Waals surface area contributed by atoms with Crippen LogP contribution in [0, 0.1) is 5.92 Å². The maximum absolute atomic E-state index is 12.0. The Bertz CT molecular complexity index is 762. The number of carbonyl (C=O) groups is 1. The lowest BCUT2D eigenvalue weighted by Gasteiger charge is -2.09. The lowest BCUT2D eigenvalue weighted by molar-refractivity contribution is -0.111. The van der Waals surface area contributed by atoms with Crippen molar-refractivity contribution in [2.45, 2.75) is 25.9 Å². The number of hydrogen-bond acceptors (Lipinski definition) is 4. The fourth-order valence-corrected chi connectivity index (χ4v) is 2.70. The lowest BCUT2D eigenvalue weighted by Crippen LogP contribution is -2.08. The van der Waals surface area contributed by atoms with E-state index in [2.05, 4.69) is 12.2 Å². The Hall–Kier alpha value is -2.53. The first kappa shape index (κ1) is 16.3. The van der Waals surface area contributed by atoms with E-state index in [9.17, 15) is 9.90 Å². The Balaban J connectivity index is 1.61. The number of furan rings is 1. The van der Waals surface area contributed by atoms with Crippen LogP contribution in [0.25, 0.3) is 6.08 Å². The van der Waals surface area contributed by atoms with Gasteiger partial charge < -0.3 is 19.6 Å². The Morgan fingerprint density at radius 3 is 2.88 bits per heavy atom. The molecule has 24 heavy (non-hydrogen) atoms. The molecule has 1 heterocycles. The first-order chi connectivity index (χ1) is 11.6. The zero-order valence-electron chi connectivity index (χ0n) is 13.8.